The number of rotatable bonds is 3. The highest BCUT2D eigenvalue weighted by Crippen LogP contribution is 2.42. The predicted octanol–water partition coefficient (Wildman–Crippen LogP) is 2.83. The molecule has 6 nitrogen and oxygen atoms in total. The zero-order valence-corrected chi connectivity index (χ0v) is 13.9. The number of carbonyl (C=O) groups is 2. The third-order valence-corrected chi connectivity index (χ3v) is 4.80. The Morgan fingerprint density at radius 1 is 1.24 bits per heavy atom. The van der Waals surface area contributed by atoms with E-state index in [0.29, 0.717) is 23.9 Å². The van der Waals surface area contributed by atoms with Crippen LogP contribution < -0.4 is 10.6 Å². The van der Waals surface area contributed by atoms with Gasteiger partial charge >= 0.3 is 11.8 Å². The van der Waals surface area contributed by atoms with Gasteiger partial charge in [0, 0.05) is 43.4 Å². The summed E-state index contributed by atoms with van der Waals surface area (Å²) in [4.78, 5) is 31.0. The van der Waals surface area contributed by atoms with Crippen LogP contribution in [-0.2, 0) is 9.59 Å². The number of fused-ring (bicyclic) bond motifs is 1. The lowest BCUT2D eigenvalue weighted by atomic mass is 9.74. The molecule has 134 valence electrons. The van der Waals surface area contributed by atoms with E-state index in [-0.39, 0.29) is 19.4 Å². The van der Waals surface area contributed by atoms with Crippen LogP contribution in [0.4, 0.5) is 14.5 Å². The van der Waals surface area contributed by atoms with Crippen molar-refractivity contribution in [3.8, 4) is 0 Å². The summed E-state index contributed by atoms with van der Waals surface area (Å²) < 4.78 is 26.5. The second-order valence-electron chi connectivity index (χ2n) is 6.93. The van der Waals surface area contributed by atoms with Crippen molar-refractivity contribution in [2.75, 3.05) is 11.9 Å². The van der Waals surface area contributed by atoms with Crippen LogP contribution in [0.15, 0.2) is 24.7 Å². The molecule has 1 saturated carbocycles. The van der Waals surface area contributed by atoms with Crippen molar-refractivity contribution >= 4 is 28.4 Å². The van der Waals surface area contributed by atoms with Gasteiger partial charge in [-0.1, -0.05) is 6.92 Å². The topological polar surface area (TPSA) is 86.9 Å². The first-order valence-electron chi connectivity index (χ1n) is 8.16. The minimum atomic E-state index is -2.62. The van der Waals surface area contributed by atoms with E-state index in [4.69, 9.17) is 0 Å². The van der Waals surface area contributed by atoms with Gasteiger partial charge in [0.1, 0.15) is 0 Å². The molecule has 1 aliphatic carbocycles. The molecule has 1 fully saturated rings. The number of hydrogen-bond donors (Lipinski definition) is 3. The maximum absolute atomic E-state index is 13.3. The fourth-order valence-corrected chi connectivity index (χ4v) is 3.02. The van der Waals surface area contributed by atoms with Crippen molar-refractivity contribution in [1.29, 1.82) is 0 Å². The van der Waals surface area contributed by atoms with Gasteiger partial charge in [-0.3, -0.25) is 14.6 Å². The van der Waals surface area contributed by atoms with Crippen molar-refractivity contribution in [3.05, 3.63) is 24.7 Å². The standard InChI is InChI=1S/C17H20F2N4O2/c1-16(3-5-17(18,19)6-4-16)10-22-14(24)15(25)23-13-9-21-12-2-7-20-8-11(12)13/h2,7-9,21H,3-6,10H2,1H3,(H,22,24)(H,23,25). The number of pyridine rings is 1. The largest absolute Gasteiger partial charge is 0.359 e. The zero-order valence-electron chi connectivity index (χ0n) is 13.9. The first-order chi connectivity index (χ1) is 11.8. The first kappa shape index (κ1) is 17.3. The highest BCUT2D eigenvalue weighted by Gasteiger charge is 2.40. The number of anilines is 1. The highest BCUT2D eigenvalue weighted by atomic mass is 19.3. The van der Waals surface area contributed by atoms with Crippen molar-refractivity contribution in [2.24, 2.45) is 5.41 Å². The molecule has 1 aliphatic rings. The number of amides is 2. The molecule has 2 amide bonds. The van der Waals surface area contributed by atoms with Crippen molar-refractivity contribution in [1.82, 2.24) is 15.3 Å². The predicted molar refractivity (Wildman–Crippen MR) is 89.3 cm³/mol. The zero-order chi connectivity index (χ0) is 18.1. The quantitative estimate of drug-likeness (QED) is 0.744. The number of nitrogens with zero attached hydrogens (tertiary/aromatic N) is 1. The molecule has 0 saturated heterocycles. The molecule has 0 atom stereocenters. The number of aromatic nitrogens is 2. The van der Waals surface area contributed by atoms with E-state index in [2.05, 4.69) is 20.6 Å². The van der Waals surface area contributed by atoms with E-state index in [1.165, 1.54) is 0 Å². The lowest BCUT2D eigenvalue weighted by Crippen LogP contribution is -2.44. The molecular formula is C17H20F2N4O2. The van der Waals surface area contributed by atoms with Crippen molar-refractivity contribution in [3.63, 3.8) is 0 Å². The van der Waals surface area contributed by atoms with Crippen LogP contribution in [0.3, 0.4) is 0 Å². The molecule has 8 heteroatoms. The van der Waals surface area contributed by atoms with Crippen LogP contribution in [0.2, 0.25) is 0 Å². The van der Waals surface area contributed by atoms with Gasteiger partial charge in [0.15, 0.2) is 0 Å². The van der Waals surface area contributed by atoms with Gasteiger partial charge in [0.25, 0.3) is 0 Å². The summed E-state index contributed by atoms with van der Waals surface area (Å²) in [6.07, 6.45) is 5.05. The molecule has 2 aromatic heterocycles. The van der Waals surface area contributed by atoms with Crippen LogP contribution in [0.5, 0.6) is 0 Å². The number of aromatic amines is 1. The van der Waals surface area contributed by atoms with Crippen LogP contribution >= 0.6 is 0 Å². The second-order valence-corrected chi connectivity index (χ2v) is 6.93. The van der Waals surface area contributed by atoms with Crippen LogP contribution in [0, 0.1) is 5.41 Å². The Balaban J connectivity index is 1.55. The molecule has 0 aliphatic heterocycles. The van der Waals surface area contributed by atoms with Gasteiger partial charge in [-0.15, -0.1) is 0 Å². The molecule has 3 N–H and O–H groups in total. The Morgan fingerprint density at radius 2 is 1.96 bits per heavy atom. The monoisotopic (exact) mass is 350 g/mol. The van der Waals surface area contributed by atoms with E-state index in [1.54, 1.807) is 24.7 Å². The second kappa shape index (κ2) is 6.42. The average Bonchev–Trinajstić information content (AvgIpc) is 2.99. The Morgan fingerprint density at radius 3 is 2.68 bits per heavy atom. The Hall–Kier alpha value is -2.51. The number of hydrogen-bond acceptors (Lipinski definition) is 3. The van der Waals surface area contributed by atoms with Crippen LogP contribution in [0.1, 0.15) is 32.6 Å². The summed E-state index contributed by atoms with van der Waals surface area (Å²) in [6, 6.07) is 1.75. The molecule has 0 unspecified atom stereocenters. The average molecular weight is 350 g/mol. The fraction of sp³-hybridized carbons (Fsp3) is 0.471. The number of nitrogens with one attached hydrogen (secondary N) is 3. The van der Waals surface area contributed by atoms with E-state index >= 15 is 0 Å². The smallest absolute Gasteiger partial charge is 0.313 e. The Labute approximate surface area is 143 Å². The highest BCUT2D eigenvalue weighted by molar-refractivity contribution is 6.40. The molecule has 25 heavy (non-hydrogen) atoms. The van der Waals surface area contributed by atoms with Crippen molar-refractivity contribution in [2.45, 2.75) is 38.5 Å². The van der Waals surface area contributed by atoms with E-state index in [9.17, 15) is 18.4 Å². The lowest BCUT2D eigenvalue weighted by molar-refractivity contribution is -0.136. The van der Waals surface area contributed by atoms with Gasteiger partial charge < -0.3 is 15.6 Å². The summed E-state index contributed by atoms with van der Waals surface area (Å²) >= 11 is 0. The Kier molecular flexibility index (Phi) is 4.45. The number of H-pyrrole nitrogens is 1. The fourth-order valence-electron chi connectivity index (χ4n) is 3.02. The molecule has 0 aromatic carbocycles. The number of halogens is 2. The first-order valence-corrected chi connectivity index (χ1v) is 8.16. The normalized spacial score (nSPS) is 18.7. The molecule has 2 aromatic rings. The molecule has 3 rings (SSSR count). The molecule has 0 bridgehead atoms. The minimum absolute atomic E-state index is 0.187. The summed E-state index contributed by atoms with van der Waals surface area (Å²) in [5.41, 5.74) is 0.843. The maximum Gasteiger partial charge on any atom is 0.313 e. The van der Waals surface area contributed by atoms with E-state index in [0.717, 1.165) is 5.52 Å². The molecule has 2 heterocycles. The van der Waals surface area contributed by atoms with Crippen molar-refractivity contribution < 1.29 is 18.4 Å². The third kappa shape index (κ3) is 3.94. The number of carbonyl (C=O) groups excluding carboxylic acids is 2. The molecular weight excluding hydrogens is 330 g/mol. The third-order valence-electron chi connectivity index (χ3n) is 4.80. The van der Waals surface area contributed by atoms with Gasteiger partial charge in [-0.2, -0.15) is 0 Å². The summed E-state index contributed by atoms with van der Waals surface area (Å²) in [5.74, 6) is -4.20. The van der Waals surface area contributed by atoms with Gasteiger partial charge in [0.05, 0.1) is 11.2 Å². The maximum atomic E-state index is 13.3. The Bertz CT molecular complexity index is 793. The summed E-state index contributed by atoms with van der Waals surface area (Å²) in [6.45, 7) is 2.05. The van der Waals surface area contributed by atoms with Crippen LogP contribution in [-0.4, -0.2) is 34.2 Å². The molecule has 0 spiro atoms. The van der Waals surface area contributed by atoms with Gasteiger partial charge in [-0.05, 0) is 24.3 Å². The minimum Gasteiger partial charge on any atom is -0.359 e. The SMILES string of the molecule is CC1(CNC(=O)C(=O)Nc2c[nH]c3ccncc23)CCC(F)(F)CC1. The summed E-state index contributed by atoms with van der Waals surface area (Å²) in [5, 5.41) is 5.79. The van der Waals surface area contributed by atoms with Gasteiger partial charge in [0.2, 0.25) is 5.92 Å². The van der Waals surface area contributed by atoms with E-state index < -0.39 is 23.2 Å². The van der Waals surface area contributed by atoms with Crippen LogP contribution in [0.25, 0.3) is 10.9 Å². The summed E-state index contributed by atoms with van der Waals surface area (Å²) in [7, 11) is 0. The van der Waals surface area contributed by atoms with E-state index in [1.807, 2.05) is 6.92 Å². The van der Waals surface area contributed by atoms with Gasteiger partial charge in [-0.25, -0.2) is 8.78 Å². The molecule has 0 radical (unpaired) electrons. The number of alkyl halides is 2. The lowest BCUT2D eigenvalue weighted by Gasteiger charge is -2.37.